The Bertz CT molecular complexity index is 466. The van der Waals surface area contributed by atoms with Crippen LogP contribution in [0.5, 0.6) is 0 Å². The first-order valence-electron chi connectivity index (χ1n) is 4.86. The van der Waals surface area contributed by atoms with Crippen molar-refractivity contribution in [2.75, 3.05) is 0 Å². The molecule has 0 saturated heterocycles. The lowest BCUT2D eigenvalue weighted by molar-refractivity contribution is 0.583. The van der Waals surface area contributed by atoms with Crippen molar-refractivity contribution in [3.05, 3.63) is 42.1 Å². The van der Waals surface area contributed by atoms with Gasteiger partial charge in [0.05, 0.1) is 8.12 Å². The number of nitrogens with one attached hydrogen (secondary N) is 1. The van der Waals surface area contributed by atoms with E-state index in [1.165, 1.54) is 14.2 Å². The molecule has 2 aromatic rings. The summed E-state index contributed by atoms with van der Waals surface area (Å²) in [6.45, 7) is 3.04. The highest BCUT2D eigenvalue weighted by molar-refractivity contribution is 9.11. The molecule has 1 N–H and O–H groups in total. The lowest BCUT2D eigenvalue weighted by Crippen LogP contribution is -2.16. The molecule has 1 atom stereocenters. The highest BCUT2D eigenvalue weighted by Crippen LogP contribution is 2.27. The number of halogens is 2. The van der Waals surface area contributed by atoms with Crippen molar-refractivity contribution in [1.29, 1.82) is 0 Å². The van der Waals surface area contributed by atoms with Gasteiger partial charge in [-0.15, -0.1) is 22.7 Å². The molecule has 2 aromatic heterocycles. The SMILES string of the molecule is CC(NCc1csc(Br)c1)c1ccc(Cl)s1. The number of rotatable bonds is 4. The molecule has 2 rings (SSSR count). The lowest BCUT2D eigenvalue weighted by atomic mass is 10.2. The average molecular weight is 337 g/mol. The quantitative estimate of drug-likeness (QED) is 0.821. The smallest absolute Gasteiger partial charge is 0.0931 e. The Morgan fingerprint density at radius 1 is 1.50 bits per heavy atom. The number of hydrogen-bond acceptors (Lipinski definition) is 3. The van der Waals surface area contributed by atoms with Gasteiger partial charge in [0.15, 0.2) is 0 Å². The third-order valence-electron chi connectivity index (χ3n) is 2.25. The fourth-order valence-corrected chi connectivity index (χ4v) is 3.67. The summed E-state index contributed by atoms with van der Waals surface area (Å²) in [6.07, 6.45) is 0. The van der Waals surface area contributed by atoms with Crippen molar-refractivity contribution in [2.45, 2.75) is 19.5 Å². The van der Waals surface area contributed by atoms with Crippen molar-refractivity contribution in [1.82, 2.24) is 5.32 Å². The van der Waals surface area contributed by atoms with Gasteiger partial charge in [0.2, 0.25) is 0 Å². The Balaban J connectivity index is 1.91. The van der Waals surface area contributed by atoms with Gasteiger partial charge in [-0.05, 0) is 52.0 Å². The molecule has 0 radical (unpaired) electrons. The molecule has 16 heavy (non-hydrogen) atoms. The van der Waals surface area contributed by atoms with Gasteiger partial charge < -0.3 is 5.32 Å². The van der Waals surface area contributed by atoms with Gasteiger partial charge >= 0.3 is 0 Å². The van der Waals surface area contributed by atoms with Crippen molar-refractivity contribution in [3.63, 3.8) is 0 Å². The van der Waals surface area contributed by atoms with E-state index in [1.54, 1.807) is 22.7 Å². The number of hydrogen-bond donors (Lipinski definition) is 1. The van der Waals surface area contributed by atoms with Gasteiger partial charge in [0.25, 0.3) is 0 Å². The molecular formula is C11H11BrClNS2. The van der Waals surface area contributed by atoms with Gasteiger partial charge in [0, 0.05) is 17.5 Å². The average Bonchev–Trinajstić information content (AvgIpc) is 2.84. The third-order valence-corrected chi connectivity index (χ3v) is 5.22. The van der Waals surface area contributed by atoms with Gasteiger partial charge in [0.1, 0.15) is 0 Å². The maximum Gasteiger partial charge on any atom is 0.0931 e. The maximum absolute atomic E-state index is 5.91. The molecular weight excluding hydrogens is 326 g/mol. The van der Waals surface area contributed by atoms with Gasteiger partial charge in [-0.3, -0.25) is 0 Å². The molecule has 0 bridgehead atoms. The van der Waals surface area contributed by atoms with E-state index in [-0.39, 0.29) is 0 Å². The molecule has 0 aliphatic heterocycles. The first-order chi connectivity index (χ1) is 7.65. The second-order valence-corrected chi connectivity index (χ2v) is 7.54. The predicted molar refractivity (Wildman–Crippen MR) is 76.6 cm³/mol. The van der Waals surface area contributed by atoms with Gasteiger partial charge in [-0.1, -0.05) is 11.6 Å². The zero-order valence-electron chi connectivity index (χ0n) is 8.67. The van der Waals surface area contributed by atoms with Crippen molar-refractivity contribution < 1.29 is 0 Å². The van der Waals surface area contributed by atoms with Crippen LogP contribution in [0.3, 0.4) is 0 Å². The molecule has 5 heteroatoms. The third kappa shape index (κ3) is 3.31. The van der Waals surface area contributed by atoms with Crippen molar-refractivity contribution in [2.24, 2.45) is 0 Å². The molecule has 0 aliphatic carbocycles. The summed E-state index contributed by atoms with van der Waals surface area (Å²) in [5.74, 6) is 0. The van der Waals surface area contributed by atoms with Crippen molar-refractivity contribution >= 4 is 50.2 Å². The first-order valence-corrected chi connectivity index (χ1v) is 7.73. The van der Waals surface area contributed by atoms with E-state index in [0.29, 0.717) is 6.04 Å². The van der Waals surface area contributed by atoms with Crippen LogP contribution in [0.15, 0.2) is 27.4 Å². The summed E-state index contributed by atoms with van der Waals surface area (Å²) in [5, 5.41) is 5.64. The van der Waals surface area contributed by atoms with Crippen LogP contribution in [0.25, 0.3) is 0 Å². The molecule has 0 saturated carbocycles. The van der Waals surface area contributed by atoms with Crippen LogP contribution >= 0.6 is 50.2 Å². The normalized spacial score (nSPS) is 12.9. The second-order valence-electron chi connectivity index (χ2n) is 3.50. The Labute approximate surface area is 117 Å². The van der Waals surface area contributed by atoms with E-state index in [1.807, 2.05) is 6.07 Å². The van der Waals surface area contributed by atoms with E-state index in [9.17, 15) is 0 Å². The van der Waals surface area contributed by atoms with E-state index in [0.717, 1.165) is 10.9 Å². The van der Waals surface area contributed by atoms with Crippen LogP contribution in [0.2, 0.25) is 4.34 Å². The summed E-state index contributed by atoms with van der Waals surface area (Å²) < 4.78 is 2.03. The topological polar surface area (TPSA) is 12.0 Å². The summed E-state index contributed by atoms with van der Waals surface area (Å²) in [6, 6.07) is 6.51. The molecule has 0 amide bonds. The molecule has 1 unspecified atom stereocenters. The molecule has 86 valence electrons. The van der Waals surface area contributed by atoms with Crippen LogP contribution in [0, 0.1) is 0 Å². The predicted octanol–water partition coefficient (Wildman–Crippen LogP) is 5.08. The fourth-order valence-electron chi connectivity index (χ4n) is 1.37. The van der Waals surface area contributed by atoms with E-state index >= 15 is 0 Å². The zero-order valence-corrected chi connectivity index (χ0v) is 12.6. The fraction of sp³-hybridized carbons (Fsp3) is 0.273. The Morgan fingerprint density at radius 3 is 2.88 bits per heavy atom. The Kier molecular flexibility index (Phi) is 4.44. The highest BCUT2D eigenvalue weighted by atomic mass is 79.9. The highest BCUT2D eigenvalue weighted by Gasteiger charge is 2.07. The minimum Gasteiger partial charge on any atom is -0.305 e. The summed E-state index contributed by atoms with van der Waals surface area (Å²) in [5.41, 5.74) is 1.31. The van der Waals surface area contributed by atoms with Crippen LogP contribution in [-0.2, 0) is 6.54 Å². The maximum atomic E-state index is 5.91. The van der Waals surface area contributed by atoms with Crippen LogP contribution in [-0.4, -0.2) is 0 Å². The zero-order chi connectivity index (χ0) is 11.5. The molecule has 0 fully saturated rings. The van der Waals surface area contributed by atoms with Crippen LogP contribution in [0.1, 0.15) is 23.4 Å². The summed E-state index contributed by atoms with van der Waals surface area (Å²) >= 11 is 12.7. The largest absolute Gasteiger partial charge is 0.305 e. The van der Waals surface area contributed by atoms with E-state index in [2.05, 4.69) is 45.7 Å². The first kappa shape index (κ1) is 12.6. The van der Waals surface area contributed by atoms with E-state index in [4.69, 9.17) is 11.6 Å². The van der Waals surface area contributed by atoms with E-state index < -0.39 is 0 Å². The minimum atomic E-state index is 0.344. The van der Waals surface area contributed by atoms with Gasteiger partial charge in [-0.25, -0.2) is 0 Å². The lowest BCUT2D eigenvalue weighted by Gasteiger charge is -2.10. The molecule has 0 aromatic carbocycles. The minimum absolute atomic E-state index is 0.344. The summed E-state index contributed by atoms with van der Waals surface area (Å²) in [4.78, 5) is 1.28. The van der Waals surface area contributed by atoms with Crippen molar-refractivity contribution in [3.8, 4) is 0 Å². The standard InChI is InChI=1S/C11H11BrClNS2/c1-7(9-2-3-11(13)16-9)14-5-8-4-10(12)15-6-8/h2-4,6-7,14H,5H2,1H3. The van der Waals surface area contributed by atoms with Gasteiger partial charge in [-0.2, -0.15) is 0 Å². The monoisotopic (exact) mass is 335 g/mol. The summed E-state index contributed by atoms with van der Waals surface area (Å²) in [7, 11) is 0. The Hall–Kier alpha value is 0.130. The van der Waals surface area contributed by atoms with Crippen LogP contribution < -0.4 is 5.32 Å². The number of thiophene rings is 2. The second kappa shape index (κ2) is 5.65. The molecule has 0 aliphatic rings. The van der Waals surface area contributed by atoms with Crippen LogP contribution in [0.4, 0.5) is 0 Å². The molecule has 2 heterocycles. The molecule has 1 nitrogen and oxygen atoms in total. The molecule has 0 spiro atoms. The Morgan fingerprint density at radius 2 is 2.31 bits per heavy atom.